The molecular formula is C18H18N4O2. The van der Waals surface area contributed by atoms with Crippen LogP contribution in [-0.2, 0) is 11.3 Å². The molecule has 2 aromatic heterocycles. The summed E-state index contributed by atoms with van der Waals surface area (Å²) in [5.74, 6) is 1.78. The minimum Gasteiger partial charge on any atom is -0.444 e. The number of oxazole rings is 1. The molecule has 1 atom stereocenters. The van der Waals surface area contributed by atoms with Gasteiger partial charge in [0.2, 0.25) is 5.89 Å². The lowest BCUT2D eigenvalue weighted by molar-refractivity contribution is 0.193. The zero-order chi connectivity index (χ0) is 16.2. The van der Waals surface area contributed by atoms with E-state index in [0.29, 0.717) is 18.4 Å². The molecule has 24 heavy (non-hydrogen) atoms. The van der Waals surface area contributed by atoms with Crippen LogP contribution < -0.4 is 5.32 Å². The molecule has 3 heterocycles. The molecule has 0 aliphatic carbocycles. The third-order valence-electron chi connectivity index (χ3n) is 4.06. The Hall–Kier alpha value is -2.73. The molecule has 1 N–H and O–H groups in total. The molecule has 0 bridgehead atoms. The predicted molar refractivity (Wildman–Crippen MR) is 89.5 cm³/mol. The topological polar surface area (TPSA) is 73.1 Å². The number of aromatic nitrogens is 3. The summed E-state index contributed by atoms with van der Waals surface area (Å²) in [6.45, 7) is 2.09. The maximum Gasteiger partial charge on any atom is 0.226 e. The zero-order valence-electron chi connectivity index (χ0n) is 13.2. The van der Waals surface area contributed by atoms with Crippen LogP contribution in [-0.4, -0.2) is 28.2 Å². The standard InChI is InChI=1S/C18H18N4O2/c1-2-4-13(5-3-1)18-22-15(11-24-18)9-19-17-8-16(20-12-21-17)14-6-7-23-10-14/h1-5,8,11-12,14H,6-7,9-10H2,(H,19,20,21)/t14-/m1/s1. The number of nitrogens with one attached hydrogen (secondary N) is 1. The van der Waals surface area contributed by atoms with Crippen molar-refractivity contribution in [2.45, 2.75) is 18.9 Å². The molecule has 0 amide bonds. The summed E-state index contributed by atoms with van der Waals surface area (Å²) in [7, 11) is 0. The third-order valence-corrected chi connectivity index (χ3v) is 4.06. The molecule has 122 valence electrons. The van der Waals surface area contributed by atoms with Crippen LogP contribution in [0.3, 0.4) is 0 Å². The highest BCUT2D eigenvalue weighted by molar-refractivity contribution is 5.52. The van der Waals surface area contributed by atoms with Crippen LogP contribution in [0.4, 0.5) is 5.82 Å². The van der Waals surface area contributed by atoms with Gasteiger partial charge in [0.25, 0.3) is 0 Å². The van der Waals surface area contributed by atoms with Crippen molar-refractivity contribution >= 4 is 5.82 Å². The Bertz CT molecular complexity index is 798. The van der Waals surface area contributed by atoms with E-state index in [1.165, 1.54) is 0 Å². The van der Waals surface area contributed by atoms with Gasteiger partial charge in [0.05, 0.1) is 24.5 Å². The van der Waals surface area contributed by atoms with Gasteiger partial charge in [0.15, 0.2) is 0 Å². The van der Waals surface area contributed by atoms with Gasteiger partial charge in [-0.15, -0.1) is 0 Å². The van der Waals surface area contributed by atoms with E-state index in [-0.39, 0.29) is 0 Å². The van der Waals surface area contributed by atoms with Crippen molar-refractivity contribution in [3.05, 3.63) is 60.4 Å². The maximum atomic E-state index is 5.54. The van der Waals surface area contributed by atoms with E-state index in [0.717, 1.165) is 42.4 Å². The maximum absolute atomic E-state index is 5.54. The van der Waals surface area contributed by atoms with E-state index in [1.54, 1.807) is 12.6 Å². The van der Waals surface area contributed by atoms with E-state index in [1.807, 2.05) is 36.4 Å². The van der Waals surface area contributed by atoms with Crippen molar-refractivity contribution in [3.8, 4) is 11.5 Å². The average molecular weight is 322 g/mol. The Kier molecular flexibility index (Phi) is 4.20. The van der Waals surface area contributed by atoms with Crippen molar-refractivity contribution in [1.82, 2.24) is 15.0 Å². The lowest BCUT2D eigenvalue weighted by Gasteiger charge is -2.09. The Balaban J connectivity index is 1.42. The molecule has 1 aliphatic rings. The van der Waals surface area contributed by atoms with Gasteiger partial charge in [-0.2, -0.15) is 0 Å². The fraction of sp³-hybridized carbons (Fsp3) is 0.278. The molecule has 0 radical (unpaired) electrons. The highest BCUT2D eigenvalue weighted by Gasteiger charge is 2.19. The average Bonchev–Trinajstić information content (AvgIpc) is 3.33. The lowest BCUT2D eigenvalue weighted by atomic mass is 10.1. The first-order chi connectivity index (χ1) is 11.9. The summed E-state index contributed by atoms with van der Waals surface area (Å²) in [6.07, 6.45) is 4.27. The first-order valence-corrected chi connectivity index (χ1v) is 8.02. The Morgan fingerprint density at radius 3 is 2.92 bits per heavy atom. The van der Waals surface area contributed by atoms with Gasteiger partial charge >= 0.3 is 0 Å². The van der Waals surface area contributed by atoms with Crippen LogP contribution in [0.25, 0.3) is 11.5 Å². The van der Waals surface area contributed by atoms with Gasteiger partial charge in [0.1, 0.15) is 18.4 Å². The third kappa shape index (κ3) is 3.28. The summed E-state index contributed by atoms with van der Waals surface area (Å²) >= 11 is 0. The summed E-state index contributed by atoms with van der Waals surface area (Å²) in [6, 6.07) is 11.8. The van der Waals surface area contributed by atoms with E-state index >= 15 is 0 Å². The molecule has 1 aromatic carbocycles. The van der Waals surface area contributed by atoms with Gasteiger partial charge in [-0.3, -0.25) is 0 Å². The quantitative estimate of drug-likeness (QED) is 0.777. The first-order valence-electron chi connectivity index (χ1n) is 8.02. The molecule has 0 unspecified atom stereocenters. The van der Waals surface area contributed by atoms with Crippen molar-refractivity contribution in [1.29, 1.82) is 0 Å². The Labute approximate surface area is 139 Å². The minimum atomic E-state index is 0.366. The second kappa shape index (κ2) is 6.80. The van der Waals surface area contributed by atoms with Crippen LogP contribution in [0.1, 0.15) is 23.7 Å². The second-order valence-corrected chi connectivity index (χ2v) is 5.75. The molecule has 0 saturated carbocycles. The van der Waals surface area contributed by atoms with Crippen LogP contribution in [0, 0.1) is 0 Å². The molecule has 6 nitrogen and oxygen atoms in total. The number of anilines is 1. The SMILES string of the molecule is c1ccc(-c2nc(CNc3cc([C@@H]4CCOC4)ncn3)co2)cc1. The smallest absolute Gasteiger partial charge is 0.226 e. The monoisotopic (exact) mass is 322 g/mol. The van der Waals surface area contributed by atoms with Gasteiger partial charge in [0, 0.05) is 24.2 Å². The number of hydrogen-bond acceptors (Lipinski definition) is 6. The van der Waals surface area contributed by atoms with Gasteiger partial charge in [-0.1, -0.05) is 18.2 Å². The number of nitrogens with zero attached hydrogens (tertiary/aromatic N) is 3. The first kappa shape index (κ1) is 14.8. The largest absolute Gasteiger partial charge is 0.444 e. The van der Waals surface area contributed by atoms with E-state index < -0.39 is 0 Å². The van der Waals surface area contributed by atoms with Gasteiger partial charge in [-0.25, -0.2) is 15.0 Å². The normalized spacial score (nSPS) is 17.1. The highest BCUT2D eigenvalue weighted by atomic mass is 16.5. The van der Waals surface area contributed by atoms with E-state index in [9.17, 15) is 0 Å². The van der Waals surface area contributed by atoms with Crippen LogP contribution in [0.5, 0.6) is 0 Å². The summed E-state index contributed by atoms with van der Waals surface area (Å²) < 4.78 is 11.0. The van der Waals surface area contributed by atoms with Crippen molar-refractivity contribution in [2.75, 3.05) is 18.5 Å². The molecule has 3 aromatic rings. The van der Waals surface area contributed by atoms with E-state index in [2.05, 4.69) is 20.3 Å². The number of rotatable bonds is 5. The summed E-state index contributed by atoms with van der Waals surface area (Å²) in [5.41, 5.74) is 2.82. The van der Waals surface area contributed by atoms with Gasteiger partial charge in [-0.05, 0) is 18.6 Å². The molecule has 4 rings (SSSR count). The van der Waals surface area contributed by atoms with Crippen LogP contribution in [0.2, 0.25) is 0 Å². The lowest BCUT2D eigenvalue weighted by Crippen LogP contribution is -2.06. The number of hydrogen-bond donors (Lipinski definition) is 1. The summed E-state index contributed by atoms with van der Waals surface area (Å²) in [4.78, 5) is 13.1. The highest BCUT2D eigenvalue weighted by Crippen LogP contribution is 2.24. The Morgan fingerprint density at radius 2 is 2.08 bits per heavy atom. The van der Waals surface area contributed by atoms with Crippen LogP contribution in [0.15, 0.2) is 53.4 Å². The summed E-state index contributed by atoms with van der Waals surface area (Å²) in [5, 5.41) is 3.28. The number of ether oxygens (including phenoxy) is 1. The molecule has 1 aliphatic heterocycles. The minimum absolute atomic E-state index is 0.366. The van der Waals surface area contributed by atoms with Crippen molar-refractivity contribution < 1.29 is 9.15 Å². The molecule has 1 saturated heterocycles. The predicted octanol–water partition coefficient (Wildman–Crippen LogP) is 3.25. The zero-order valence-corrected chi connectivity index (χ0v) is 13.2. The fourth-order valence-electron chi connectivity index (χ4n) is 2.74. The van der Waals surface area contributed by atoms with Gasteiger partial charge < -0.3 is 14.5 Å². The molecule has 1 fully saturated rings. The van der Waals surface area contributed by atoms with E-state index in [4.69, 9.17) is 9.15 Å². The fourth-order valence-corrected chi connectivity index (χ4v) is 2.74. The van der Waals surface area contributed by atoms with Crippen molar-refractivity contribution in [3.63, 3.8) is 0 Å². The second-order valence-electron chi connectivity index (χ2n) is 5.75. The van der Waals surface area contributed by atoms with Crippen LogP contribution >= 0.6 is 0 Å². The molecular weight excluding hydrogens is 304 g/mol. The van der Waals surface area contributed by atoms with Crippen molar-refractivity contribution in [2.24, 2.45) is 0 Å². The molecule has 0 spiro atoms. The number of benzene rings is 1. The molecule has 6 heteroatoms. The Morgan fingerprint density at radius 1 is 1.17 bits per heavy atom.